The molecule has 4 aliphatic rings. The number of benzene rings is 1. The van der Waals surface area contributed by atoms with E-state index in [2.05, 4.69) is 32.8 Å². The Morgan fingerprint density at radius 2 is 1.62 bits per heavy atom. The van der Waals surface area contributed by atoms with Gasteiger partial charge in [0.2, 0.25) is 27.4 Å². The summed E-state index contributed by atoms with van der Waals surface area (Å²) in [6.07, 6.45) is -1.09. The molecular weight excluding hydrogens is 717 g/mol. The standard InChI is InChI=1S/C32H42Cl3N7O8/c1-15-36-24-19(12-41-21(43)8-9-22(41)44)37-26(39-27(47)50-14-30(33,34)35)42-13-20(32(48,49)31(24,42)40-15)38-25(46)16-10-17(28(2,3)4)23(45)18(11-16)29(5,6)7/h10-11,19-20,24,36,40,45,48-49H,1,8-9,12-14H2,2-7H3,(H,38,46)(H,37,39,47)/t19-,20?,24?,31?/m0/s1. The van der Waals surface area contributed by atoms with E-state index in [1.165, 1.54) is 4.90 Å². The highest BCUT2D eigenvalue weighted by Gasteiger charge is 2.74. The van der Waals surface area contributed by atoms with Gasteiger partial charge in [0, 0.05) is 36.1 Å². The minimum absolute atomic E-state index is 0.00715. The molecule has 7 N–H and O–H groups in total. The second kappa shape index (κ2) is 12.6. The van der Waals surface area contributed by atoms with Crippen molar-refractivity contribution in [3.8, 4) is 5.75 Å². The monoisotopic (exact) mass is 757 g/mol. The van der Waals surface area contributed by atoms with Gasteiger partial charge in [-0.15, -0.1) is 0 Å². The smallest absolute Gasteiger partial charge is 0.414 e. The Labute approximate surface area is 304 Å². The van der Waals surface area contributed by atoms with Gasteiger partial charge in [0.15, 0.2) is 5.66 Å². The fraction of sp³-hybridized carbons (Fsp3) is 0.594. The second-order valence-corrected chi connectivity index (χ2v) is 17.5. The number of alkyl carbamates (subject to hydrolysis) is 1. The molecular formula is C32H42Cl3N7O8. The van der Waals surface area contributed by atoms with E-state index < -0.39 is 74.6 Å². The number of phenolic OH excluding ortho intramolecular Hbond substituents is 1. The van der Waals surface area contributed by atoms with Crippen LogP contribution in [0.3, 0.4) is 0 Å². The molecule has 1 spiro atoms. The largest absolute Gasteiger partial charge is 0.507 e. The summed E-state index contributed by atoms with van der Waals surface area (Å²) in [6, 6.07) is -0.454. The number of hydrogen-bond acceptors (Lipinski definition) is 12. The number of aromatic hydroxyl groups is 1. The zero-order chi connectivity index (χ0) is 37.4. The number of guanidine groups is 1. The van der Waals surface area contributed by atoms with Crippen LogP contribution >= 0.6 is 34.8 Å². The molecule has 3 fully saturated rings. The quantitative estimate of drug-likeness (QED) is 0.131. The number of hydrogen-bond donors (Lipinski definition) is 7. The van der Waals surface area contributed by atoms with Gasteiger partial charge in [-0.2, -0.15) is 0 Å². The molecule has 4 amide bonds. The van der Waals surface area contributed by atoms with Crippen LogP contribution in [0.15, 0.2) is 29.5 Å². The van der Waals surface area contributed by atoms with E-state index >= 15 is 0 Å². The lowest BCUT2D eigenvalue weighted by Crippen LogP contribution is -2.78. The number of aliphatic imine (C=N–C) groups is 1. The number of likely N-dealkylation sites (tertiary alicyclic amines) is 1. The predicted molar refractivity (Wildman–Crippen MR) is 185 cm³/mol. The molecule has 0 bridgehead atoms. The van der Waals surface area contributed by atoms with Gasteiger partial charge in [-0.1, -0.05) is 82.9 Å². The molecule has 0 aromatic heterocycles. The number of phenols is 1. The third-order valence-electron chi connectivity index (χ3n) is 9.29. The highest BCUT2D eigenvalue weighted by molar-refractivity contribution is 6.67. The molecule has 0 radical (unpaired) electrons. The van der Waals surface area contributed by atoms with Crippen LogP contribution in [0.25, 0.3) is 0 Å². The number of rotatable bonds is 5. The van der Waals surface area contributed by atoms with E-state index in [-0.39, 0.29) is 49.0 Å². The summed E-state index contributed by atoms with van der Waals surface area (Å²) in [5, 5.41) is 46.6. The molecule has 1 aromatic rings. The zero-order valence-corrected chi connectivity index (χ0v) is 30.8. The Bertz CT molecular complexity index is 1610. The first-order chi connectivity index (χ1) is 22.9. The molecule has 3 saturated heterocycles. The number of aliphatic hydroxyl groups is 2. The zero-order valence-electron chi connectivity index (χ0n) is 28.5. The molecule has 0 aliphatic carbocycles. The Hall–Kier alpha value is -3.50. The molecule has 5 rings (SSSR count). The van der Waals surface area contributed by atoms with Crippen LogP contribution in [-0.2, 0) is 25.2 Å². The van der Waals surface area contributed by atoms with E-state index in [1.54, 1.807) is 12.1 Å². The van der Waals surface area contributed by atoms with Gasteiger partial charge in [-0.25, -0.2) is 9.79 Å². The first-order valence-electron chi connectivity index (χ1n) is 15.9. The van der Waals surface area contributed by atoms with Crippen molar-refractivity contribution in [1.82, 2.24) is 31.1 Å². The van der Waals surface area contributed by atoms with Gasteiger partial charge in [0.1, 0.15) is 18.4 Å². The Balaban J connectivity index is 1.54. The van der Waals surface area contributed by atoms with Crippen molar-refractivity contribution in [2.45, 2.75) is 98.6 Å². The van der Waals surface area contributed by atoms with Gasteiger partial charge < -0.3 is 40.9 Å². The molecule has 0 saturated carbocycles. The van der Waals surface area contributed by atoms with Gasteiger partial charge in [-0.05, 0) is 23.0 Å². The number of nitrogens with zero attached hydrogens (tertiary/aromatic N) is 3. The Morgan fingerprint density at radius 3 is 2.14 bits per heavy atom. The van der Waals surface area contributed by atoms with Crippen LogP contribution < -0.4 is 21.3 Å². The van der Waals surface area contributed by atoms with Gasteiger partial charge in [0.05, 0.1) is 24.4 Å². The molecule has 4 heterocycles. The van der Waals surface area contributed by atoms with Crippen LogP contribution in [0.4, 0.5) is 4.79 Å². The third kappa shape index (κ3) is 6.77. The maximum absolute atomic E-state index is 14.0. The number of nitrogens with one attached hydrogen (secondary N) is 4. The highest BCUT2D eigenvalue weighted by Crippen LogP contribution is 2.46. The van der Waals surface area contributed by atoms with Crippen LogP contribution in [0, 0.1) is 0 Å². The summed E-state index contributed by atoms with van der Waals surface area (Å²) in [5.74, 6) is -4.40. The molecule has 4 aliphatic heterocycles. The van der Waals surface area contributed by atoms with Crippen molar-refractivity contribution in [3.63, 3.8) is 0 Å². The summed E-state index contributed by atoms with van der Waals surface area (Å²) < 4.78 is 3.10. The second-order valence-electron chi connectivity index (χ2n) is 15.0. The number of imide groups is 1. The SMILES string of the molecule is C=C1NC2[C@H](CN3C(=O)CCC3=O)N=C(NC(=O)OCC(Cl)(Cl)Cl)N3CC(NC(=O)c4cc(C(C)(C)C)c(O)c(C(C)(C)C)c4)C(O)(O)C23N1. The van der Waals surface area contributed by atoms with Crippen LogP contribution in [0.2, 0.25) is 0 Å². The third-order valence-corrected chi connectivity index (χ3v) is 9.61. The van der Waals surface area contributed by atoms with Crippen molar-refractivity contribution >= 4 is 64.6 Å². The number of carbonyl (C=O) groups excluding carboxylic acids is 4. The molecule has 15 nitrogen and oxygen atoms in total. The summed E-state index contributed by atoms with van der Waals surface area (Å²) >= 11 is 17.2. The van der Waals surface area contributed by atoms with Gasteiger partial charge in [-0.3, -0.25) is 24.6 Å². The maximum Gasteiger partial charge on any atom is 0.414 e. The average Bonchev–Trinajstić information content (AvgIpc) is 3.57. The van der Waals surface area contributed by atoms with E-state index in [0.29, 0.717) is 11.1 Å². The minimum Gasteiger partial charge on any atom is -0.507 e. The van der Waals surface area contributed by atoms with Crippen molar-refractivity contribution in [3.05, 3.63) is 41.2 Å². The topological polar surface area (TPSA) is 205 Å². The molecule has 4 atom stereocenters. The summed E-state index contributed by atoms with van der Waals surface area (Å²) in [6.45, 7) is 14.1. The lowest BCUT2D eigenvalue weighted by atomic mass is 9.78. The number of carbonyl (C=O) groups is 4. The Kier molecular flexibility index (Phi) is 9.53. The van der Waals surface area contributed by atoms with Gasteiger partial charge >= 0.3 is 6.09 Å². The van der Waals surface area contributed by atoms with Crippen molar-refractivity contribution in [2.24, 2.45) is 4.99 Å². The summed E-state index contributed by atoms with van der Waals surface area (Å²) in [5.41, 5.74) is -1.85. The lowest BCUT2D eigenvalue weighted by molar-refractivity contribution is -0.231. The lowest BCUT2D eigenvalue weighted by Gasteiger charge is -2.49. The summed E-state index contributed by atoms with van der Waals surface area (Å²) in [7, 11) is 0. The molecule has 274 valence electrons. The van der Waals surface area contributed by atoms with E-state index in [0.717, 1.165) is 4.90 Å². The predicted octanol–water partition coefficient (Wildman–Crippen LogP) is 1.79. The first kappa shape index (κ1) is 37.7. The summed E-state index contributed by atoms with van der Waals surface area (Å²) in [4.78, 5) is 59.1. The van der Waals surface area contributed by atoms with Crippen LogP contribution in [-0.4, -0.2) is 108 Å². The fourth-order valence-electron chi connectivity index (χ4n) is 6.87. The molecule has 50 heavy (non-hydrogen) atoms. The number of halogens is 3. The Morgan fingerprint density at radius 1 is 1.06 bits per heavy atom. The number of ether oxygens (including phenoxy) is 1. The average molecular weight is 759 g/mol. The van der Waals surface area contributed by atoms with E-state index in [1.807, 2.05) is 41.5 Å². The normalized spacial score (nSPS) is 26.2. The minimum atomic E-state index is -2.82. The molecule has 18 heteroatoms. The van der Waals surface area contributed by atoms with Crippen molar-refractivity contribution in [2.75, 3.05) is 19.7 Å². The number of alkyl halides is 3. The van der Waals surface area contributed by atoms with Crippen LogP contribution in [0.1, 0.15) is 75.9 Å². The highest BCUT2D eigenvalue weighted by atomic mass is 35.6. The van der Waals surface area contributed by atoms with Crippen molar-refractivity contribution < 1.29 is 39.2 Å². The molecule has 1 aromatic carbocycles. The van der Waals surface area contributed by atoms with Gasteiger partial charge in [0.25, 0.3) is 5.91 Å². The van der Waals surface area contributed by atoms with E-state index in [4.69, 9.17) is 39.5 Å². The van der Waals surface area contributed by atoms with Crippen molar-refractivity contribution in [1.29, 1.82) is 0 Å². The number of amides is 4. The first-order valence-corrected chi connectivity index (χ1v) is 17.1. The fourth-order valence-corrected chi connectivity index (χ4v) is 7.03. The maximum atomic E-state index is 14.0. The van der Waals surface area contributed by atoms with E-state index in [9.17, 15) is 34.5 Å². The molecule has 3 unspecified atom stereocenters. The van der Waals surface area contributed by atoms with Crippen LogP contribution in [0.5, 0.6) is 5.75 Å².